The molecule has 16 heavy (non-hydrogen) atoms. The Morgan fingerprint density at radius 3 is 2.31 bits per heavy atom. The third kappa shape index (κ3) is 3.48. The van der Waals surface area contributed by atoms with E-state index in [2.05, 4.69) is 5.32 Å². The molecule has 3 nitrogen and oxygen atoms in total. The molecule has 3 heteroatoms. The molecule has 0 spiro atoms. The molecule has 0 saturated heterocycles. The molecule has 1 rings (SSSR count). The van der Waals surface area contributed by atoms with Gasteiger partial charge in [0.15, 0.2) is 0 Å². The highest BCUT2D eigenvalue weighted by molar-refractivity contribution is 5.84. The van der Waals surface area contributed by atoms with E-state index in [1.807, 2.05) is 13.8 Å². The van der Waals surface area contributed by atoms with Gasteiger partial charge in [-0.3, -0.25) is 4.79 Å². The maximum absolute atomic E-state index is 12.1. The lowest BCUT2D eigenvalue weighted by Crippen LogP contribution is -2.49. The van der Waals surface area contributed by atoms with E-state index < -0.39 is 5.60 Å². The van der Waals surface area contributed by atoms with Gasteiger partial charge in [0.05, 0.1) is 0 Å². The standard InChI is InChI=1S/C13H25NO2/c1-4-13(2,16-3)12(15)14-11-9-7-5-6-8-10-11/h11H,4-10H2,1-3H3,(H,14,15). The van der Waals surface area contributed by atoms with E-state index >= 15 is 0 Å². The predicted molar refractivity (Wildman–Crippen MR) is 65.3 cm³/mol. The van der Waals surface area contributed by atoms with Gasteiger partial charge in [-0.05, 0) is 26.2 Å². The molecule has 0 aromatic heterocycles. The highest BCUT2D eigenvalue weighted by Crippen LogP contribution is 2.19. The smallest absolute Gasteiger partial charge is 0.252 e. The van der Waals surface area contributed by atoms with Gasteiger partial charge in [0.25, 0.3) is 5.91 Å². The van der Waals surface area contributed by atoms with Gasteiger partial charge < -0.3 is 10.1 Å². The van der Waals surface area contributed by atoms with Crippen molar-refractivity contribution in [2.45, 2.75) is 70.4 Å². The first-order valence-corrected chi connectivity index (χ1v) is 6.48. The summed E-state index contributed by atoms with van der Waals surface area (Å²) in [5, 5.41) is 3.14. The second-order valence-corrected chi connectivity index (χ2v) is 4.95. The minimum atomic E-state index is -0.660. The monoisotopic (exact) mass is 227 g/mol. The number of ether oxygens (including phenoxy) is 1. The Labute approximate surface area is 98.9 Å². The SMILES string of the molecule is CCC(C)(OC)C(=O)NC1CCCCCC1. The van der Waals surface area contributed by atoms with Gasteiger partial charge in [-0.1, -0.05) is 32.6 Å². The van der Waals surface area contributed by atoms with Crippen LogP contribution in [0.1, 0.15) is 58.8 Å². The van der Waals surface area contributed by atoms with E-state index in [0.717, 1.165) is 12.8 Å². The Hall–Kier alpha value is -0.570. The Bertz CT molecular complexity index is 216. The lowest BCUT2D eigenvalue weighted by Gasteiger charge is -2.28. The van der Waals surface area contributed by atoms with E-state index in [1.54, 1.807) is 7.11 Å². The molecule has 1 amide bonds. The molecule has 1 aliphatic carbocycles. The summed E-state index contributed by atoms with van der Waals surface area (Å²) in [6, 6.07) is 0.357. The van der Waals surface area contributed by atoms with Gasteiger partial charge >= 0.3 is 0 Å². The molecule has 0 radical (unpaired) electrons. The lowest BCUT2D eigenvalue weighted by atomic mass is 10.0. The Kier molecular flexibility index (Phi) is 5.26. The van der Waals surface area contributed by atoms with E-state index in [1.165, 1.54) is 25.7 Å². The summed E-state index contributed by atoms with van der Waals surface area (Å²) >= 11 is 0. The first-order valence-electron chi connectivity index (χ1n) is 6.48. The van der Waals surface area contributed by atoms with Crippen molar-refractivity contribution < 1.29 is 9.53 Å². The Morgan fingerprint density at radius 2 is 1.88 bits per heavy atom. The molecule has 1 atom stereocenters. The molecular weight excluding hydrogens is 202 g/mol. The molecule has 0 aromatic rings. The second kappa shape index (κ2) is 6.24. The van der Waals surface area contributed by atoms with Crippen LogP contribution in [0.3, 0.4) is 0 Å². The number of hydrogen-bond acceptors (Lipinski definition) is 2. The van der Waals surface area contributed by atoms with Gasteiger partial charge in [0, 0.05) is 13.2 Å². The molecule has 1 N–H and O–H groups in total. The number of carbonyl (C=O) groups excluding carboxylic acids is 1. The third-order valence-electron chi connectivity index (χ3n) is 3.80. The maximum atomic E-state index is 12.1. The van der Waals surface area contributed by atoms with E-state index in [9.17, 15) is 4.79 Å². The minimum absolute atomic E-state index is 0.0457. The fourth-order valence-electron chi connectivity index (χ4n) is 2.16. The lowest BCUT2D eigenvalue weighted by molar-refractivity contribution is -0.142. The quantitative estimate of drug-likeness (QED) is 0.750. The van der Waals surface area contributed by atoms with Crippen molar-refractivity contribution in [3.63, 3.8) is 0 Å². The van der Waals surface area contributed by atoms with Gasteiger partial charge in [0.1, 0.15) is 5.60 Å². The van der Waals surface area contributed by atoms with Crippen LogP contribution in [0, 0.1) is 0 Å². The van der Waals surface area contributed by atoms with Crippen LogP contribution < -0.4 is 5.32 Å². The average molecular weight is 227 g/mol. The summed E-state index contributed by atoms with van der Waals surface area (Å²) in [5.74, 6) is 0.0457. The van der Waals surface area contributed by atoms with Crippen molar-refractivity contribution in [3.05, 3.63) is 0 Å². The molecule has 0 aliphatic heterocycles. The largest absolute Gasteiger partial charge is 0.369 e. The zero-order valence-corrected chi connectivity index (χ0v) is 10.8. The van der Waals surface area contributed by atoms with Crippen LogP contribution in [0.2, 0.25) is 0 Å². The van der Waals surface area contributed by atoms with Gasteiger partial charge in [-0.15, -0.1) is 0 Å². The topological polar surface area (TPSA) is 38.3 Å². The van der Waals surface area contributed by atoms with Crippen molar-refractivity contribution in [1.29, 1.82) is 0 Å². The average Bonchev–Trinajstić information content (AvgIpc) is 2.56. The van der Waals surface area contributed by atoms with Crippen LogP contribution in [0.5, 0.6) is 0 Å². The van der Waals surface area contributed by atoms with Crippen LogP contribution in [-0.4, -0.2) is 24.7 Å². The van der Waals surface area contributed by atoms with Crippen molar-refractivity contribution in [2.75, 3.05) is 7.11 Å². The Balaban J connectivity index is 2.48. The van der Waals surface area contributed by atoms with Crippen molar-refractivity contribution in [2.24, 2.45) is 0 Å². The summed E-state index contributed by atoms with van der Waals surface area (Å²) in [5.41, 5.74) is -0.660. The molecule has 0 aromatic carbocycles. The summed E-state index contributed by atoms with van der Waals surface area (Å²) in [4.78, 5) is 12.1. The zero-order valence-electron chi connectivity index (χ0n) is 10.8. The van der Waals surface area contributed by atoms with Crippen LogP contribution in [-0.2, 0) is 9.53 Å². The van der Waals surface area contributed by atoms with E-state index in [0.29, 0.717) is 12.5 Å². The summed E-state index contributed by atoms with van der Waals surface area (Å²) in [7, 11) is 1.61. The fourth-order valence-corrected chi connectivity index (χ4v) is 2.16. The van der Waals surface area contributed by atoms with Crippen molar-refractivity contribution >= 4 is 5.91 Å². The Morgan fingerprint density at radius 1 is 1.31 bits per heavy atom. The summed E-state index contributed by atoms with van der Waals surface area (Å²) < 4.78 is 5.31. The molecule has 94 valence electrons. The van der Waals surface area contributed by atoms with E-state index in [-0.39, 0.29) is 5.91 Å². The highest BCUT2D eigenvalue weighted by atomic mass is 16.5. The van der Waals surface area contributed by atoms with Gasteiger partial charge in [0.2, 0.25) is 0 Å². The first kappa shape index (κ1) is 13.5. The molecule has 1 aliphatic rings. The fraction of sp³-hybridized carbons (Fsp3) is 0.923. The minimum Gasteiger partial charge on any atom is -0.369 e. The molecule has 0 heterocycles. The van der Waals surface area contributed by atoms with Crippen molar-refractivity contribution in [1.82, 2.24) is 5.32 Å². The number of amides is 1. The van der Waals surface area contributed by atoms with Gasteiger partial charge in [-0.2, -0.15) is 0 Å². The number of methoxy groups -OCH3 is 1. The predicted octanol–water partition coefficient (Wildman–Crippen LogP) is 2.64. The second-order valence-electron chi connectivity index (χ2n) is 4.95. The zero-order chi connectivity index (χ0) is 12.0. The number of rotatable bonds is 4. The van der Waals surface area contributed by atoms with Crippen molar-refractivity contribution in [3.8, 4) is 0 Å². The summed E-state index contributed by atoms with van der Waals surface area (Å²) in [6.45, 7) is 3.84. The molecule has 0 bridgehead atoms. The number of nitrogens with one attached hydrogen (secondary N) is 1. The molecule has 1 fully saturated rings. The van der Waals surface area contributed by atoms with Crippen LogP contribution >= 0.6 is 0 Å². The number of carbonyl (C=O) groups is 1. The molecule has 1 saturated carbocycles. The highest BCUT2D eigenvalue weighted by Gasteiger charge is 2.32. The normalized spacial score (nSPS) is 22.2. The van der Waals surface area contributed by atoms with E-state index in [4.69, 9.17) is 4.74 Å². The molecular formula is C13H25NO2. The summed E-state index contributed by atoms with van der Waals surface area (Å²) in [6.07, 6.45) is 8.04. The molecule has 1 unspecified atom stereocenters. The third-order valence-corrected chi connectivity index (χ3v) is 3.80. The number of hydrogen-bond donors (Lipinski definition) is 1. The van der Waals surface area contributed by atoms with Gasteiger partial charge in [-0.25, -0.2) is 0 Å². The maximum Gasteiger partial charge on any atom is 0.252 e. The van der Waals surface area contributed by atoms with Crippen LogP contribution in [0.15, 0.2) is 0 Å². The first-order chi connectivity index (χ1) is 7.62. The van der Waals surface area contributed by atoms with Crippen LogP contribution in [0.25, 0.3) is 0 Å². The van der Waals surface area contributed by atoms with Crippen LogP contribution in [0.4, 0.5) is 0 Å².